The summed E-state index contributed by atoms with van der Waals surface area (Å²) in [5.41, 5.74) is 0. The van der Waals surface area contributed by atoms with E-state index in [2.05, 4.69) is 4.65 Å². The second kappa shape index (κ2) is 4.33. The fourth-order valence-corrected chi connectivity index (χ4v) is 0.194. The topological polar surface area (TPSA) is 63.6 Å². The van der Waals surface area contributed by atoms with Crippen LogP contribution in [0.1, 0.15) is 0 Å². The van der Waals surface area contributed by atoms with Crippen molar-refractivity contribution in [3.05, 3.63) is 0 Å². The maximum absolute atomic E-state index is 9.63. The van der Waals surface area contributed by atoms with Crippen LogP contribution >= 0.6 is 0 Å². The van der Waals surface area contributed by atoms with Crippen molar-refractivity contribution in [2.24, 2.45) is 0 Å². The molecule has 0 aromatic carbocycles. The first-order chi connectivity index (χ1) is 3.77. The van der Waals surface area contributed by atoms with Crippen LogP contribution < -0.4 is 0 Å². The first-order valence-electron chi connectivity index (χ1n) is 2.00. The van der Waals surface area contributed by atoms with Gasteiger partial charge in [0.1, 0.15) is 12.8 Å². The zero-order valence-corrected chi connectivity index (χ0v) is 4.16. The van der Waals surface area contributed by atoms with Gasteiger partial charge in [0.15, 0.2) is 0 Å². The third-order valence-corrected chi connectivity index (χ3v) is 0.411. The van der Waals surface area contributed by atoms with Gasteiger partial charge in [0.2, 0.25) is 0 Å². The van der Waals surface area contributed by atoms with Crippen molar-refractivity contribution in [1.29, 1.82) is 0 Å². The van der Waals surface area contributed by atoms with Gasteiger partial charge in [-0.15, -0.1) is 0 Å². The second-order valence-electron chi connectivity index (χ2n) is 1.08. The zero-order chi connectivity index (χ0) is 6.41. The molecule has 0 rings (SSSR count). The summed E-state index contributed by atoms with van der Waals surface area (Å²) in [6.07, 6.45) is 0.503. The predicted octanol–water partition coefficient (Wildman–Crippen LogP) is -1.37. The number of carbonyl (C=O) groups excluding carboxylic acids is 1. The molecule has 44 valence electrons. The Morgan fingerprint density at radius 3 is 2.88 bits per heavy atom. The Bertz CT molecular complexity index is 91.3. The third-order valence-electron chi connectivity index (χ3n) is 0.411. The van der Waals surface area contributed by atoms with Gasteiger partial charge in [0.25, 0.3) is 0 Å². The molecule has 0 radical (unpaired) electrons. The number of aliphatic carboxylic acids is 1. The van der Waals surface area contributed by atoms with E-state index in [4.69, 9.17) is 5.11 Å². The van der Waals surface area contributed by atoms with Crippen molar-refractivity contribution in [2.45, 2.75) is 0 Å². The molecule has 0 saturated carbocycles. The number of hydrogen-bond acceptors (Lipinski definition) is 3. The quantitative estimate of drug-likeness (QED) is 0.279. The summed E-state index contributed by atoms with van der Waals surface area (Å²) in [5, 5.41) is 7.90. The van der Waals surface area contributed by atoms with E-state index < -0.39 is 12.6 Å². The van der Waals surface area contributed by atoms with E-state index in [1.54, 1.807) is 0 Å². The largest absolute Gasteiger partial charge is 0.480 e. The maximum atomic E-state index is 9.63. The van der Waals surface area contributed by atoms with Gasteiger partial charge in [0, 0.05) is 0 Å². The van der Waals surface area contributed by atoms with Crippen molar-refractivity contribution in [2.75, 3.05) is 6.61 Å². The molecular weight excluding hydrogens is 111 g/mol. The molecule has 0 atom stereocenters. The monoisotopic (exact) mass is 116 g/mol. The molecule has 0 heterocycles. The Kier molecular flexibility index (Phi) is 3.88. The molecule has 0 aliphatic rings. The van der Waals surface area contributed by atoms with Crippen LogP contribution in [0.2, 0.25) is 0 Å². The van der Waals surface area contributed by atoms with Crippen LogP contribution in [-0.4, -0.2) is 31.4 Å². The van der Waals surface area contributed by atoms with Gasteiger partial charge in [-0.05, 0) is 0 Å². The summed E-state index contributed by atoms with van der Waals surface area (Å²) in [5.74, 6) is -1.06. The number of carbonyl (C=O) groups is 2. The minimum absolute atomic E-state index is 0.147. The number of rotatable bonds is 4. The zero-order valence-electron chi connectivity index (χ0n) is 4.16. The van der Waals surface area contributed by atoms with Gasteiger partial charge in [-0.3, -0.25) is 0 Å². The minimum atomic E-state index is -1.06. The highest BCUT2D eigenvalue weighted by Gasteiger charge is 1.94. The maximum Gasteiger partial charge on any atom is 0.347 e. The van der Waals surface area contributed by atoms with Crippen molar-refractivity contribution in [3.63, 3.8) is 0 Å². The Balaban J connectivity index is 2.93. The van der Waals surface area contributed by atoms with Gasteiger partial charge < -0.3 is 14.6 Å². The molecule has 0 spiro atoms. The summed E-state index contributed by atoms with van der Waals surface area (Å²) < 4.78 is 4.28. The third kappa shape index (κ3) is 5.16. The SMILES string of the molecule is O=CBOCC(=O)O. The molecule has 5 heteroatoms. The first-order valence-corrected chi connectivity index (χ1v) is 2.00. The van der Waals surface area contributed by atoms with E-state index in [0.717, 1.165) is 0 Å². The molecule has 0 bridgehead atoms. The summed E-state index contributed by atoms with van der Waals surface area (Å²) in [6, 6.07) is 0. The van der Waals surface area contributed by atoms with Crippen LogP contribution in [0.5, 0.6) is 0 Å². The van der Waals surface area contributed by atoms with E-state index in [1.165, 1.54) is 0 Å². The van der Waals surface area contributed by atoms with Gasteiger partial charge in [-0.2, -0.15) is 0 Å². The van der Waals surface area contributed by atoms with E-state index in [-0.39, 0.29) is 7.48 Å². The van der Waals surface area contributed by atoms with Crippen LogP contribution in [-0.2, 0) is 14.2 Å². The summed E-state index contributed by atoms with van der Waals surface area (Å²) in [6.45, 7) is -0.404. The van der Waals surface area contributed by atoms with Gasteiger partial charge in [-0.1, -0.05) is 0 Å². The highest BCUT2D eigenvalue weighted by Crippen LogP contribution is 1.66. The predicted molar refractivity (Wildman–Crippen MR) is 27.5 cm³/mol. The molecule has 8 heavy (non-hydrogen) atoms. The molecule has 4 nitrogen and oxygen atoms in total. The molecule has 0 fully saturated rings. The molecule has 0 aromatic heterocycles. The smallest absolute Gasteiger partial charge is 0.347 e. The highest BCUT2D eigenvalue weighted by molar-refractivity contribution is 6.61. The molecule has 0 amide bonds. The van der Waals surface area contributed by atoms with E-state index in [9.17, 15) is 9.59 Å². The molecule has 1 N–H and O–H groups in total. The Morgan fingerprint density at radius 2 is 2.50 bits per heavy atom. The Morgan fingerprint density at radius 1 is 1.88 bits per heavy atom. The van der Waals surface area contributed by atoms with E-state index in [0.29, 0.717) is 6.19 Å². The van der Waals surface area contributed by atoms with Crippen molar-refractivity contribution in [3.8, 4) is 0 Å². The van der Waals surface area contributed by atoms with Gasteiger partial charge in [0.05, 0.1) is 0 Å². The number of carboxylic acid groups (broad SMARTS) is 1. The Labute approximate surface area is 46.7 Å². The lowest BCUT2D eigenvalue weighted by molar-refractivity contribution is -0.139. The van der Waals surface area contributed by atoms with Crippen LogP contribution in [0.15, 0.2) is 0 Å². The summed E-state index contributed by atoms with van der Waals surface area (Å²) in [4.78, 5) is 19.1. The molecule has 0 aliphatic carbocycles. The van der Waals surface area contributed by atoms with Crippen LogP contribution in [0, 0.1) is 0 Å². The van der Waals surface area contributed by atoms with E-state index >= 15 is 0 Å². The van der Waals surface area contributed by atoms with E-state index in [1.807, 2.05) is 0 Å². The lowest BCUT2D eigenvalue weighted by Crippen LogP contribution is -2.10. The second-order valence-corrected chi connectivity index (χ2v) is 1.08. The minimum Gasteiger partial charge on any atom is -0.480 e. The molecular formula is C3H5BO4. The fourth-order valence-electron chi connectivity index (χ4n) is 0.194. The molecule has 0 unspecified atom stereocenters. The van der Waals surface area contributed by atoms with Crippen molar-refractivity contribution in [1.82, 2.24) is 0 Å². The molecule has 0 aromatic rings. The highest BCUT2D eigenvalue weighted by atomic mass is 16.5. The number of hydrogen-bond donors (Lipinski definition) is 1. The summed E-state index contributed by atoms with van der Waals surface area (Å²) >= 11 is 0. The van der Waals surface area contributed by atoms with Crippen LogP contribution in [0.4, 0.5) is 0 Å². The van der Waals surface area contributed by atoms with Crippen LogP contribution in [0.3, 0.4) is 0 Å². The van der Waals surface area contributed by atoms with Gasteiger partial charge >= 0.3 is 13.5 Å². The molecule has 0 aliphatic heterocycles. The number of carboxylic acids is 1. The lowest BCUT2D eigenvalue weighted by Gasteiger charge is -1.88. The van der Waals surface area contributed by atoms with Gasteiger partial charge in [-0.25, -0.2) is 4.79 Å². The lowest BCUT2D eigenvalue weighted by atomic mass is 10.1. The fraction of sp³-hybridized carbons (Fsp3) is 0.333. The first kappa shape index (κ1) is 7.16. The normalized spacial score (nSPS) is 8.00. The summed E-state index contributed by atoms with van der Waals surface area (Å²) in [7, 11) is -0.147. The van der Waals surface area contributed by atoms with Crippen molar-refractivity contribution < 1.29 is 19.3 Å². The van der Waals surface area contributed by atoms with Crippen molar-refractivity contribution >= 4 is 19.6 Å². The average Bonchev–Trinajstić information content (AvgIpc) is 1.66. The molecule has 0 saturated heterocycles. The standard InChI is InChI=1S/C3H5BO4/c5-2-4-8-1-3(6)7/h2,4H,1H2,(H,6,7). The Hall–Kier alpha value is -0.835. The van der Waals surface area contributed by atoms with Crippen LogP contribution in [0.25, 0.3) is 0 Å². The average molecular weight is 116 g/mol.